The van der Waals surface area contributed by atoms with Crippen molar-refractivity contribution >= 4 is 5.91 Å². The molecule has 1 aliphatic rings. The van der Waals surface area contributed by atoms with Crippen molar-refractivity contribution in [2.24, 2.45) is 0 Å². The Kier molecular flexibility index (Phi) is 5.54. The fourth-order valence-corrected chi connectivity index (χ4v) is 2.13. The number of hydrogen-bond donors (Lipinski definition) is 2. The Bertz CT molecular complexity index is 462. The van der Waals surface area contributed by atoms with Crippen molar-refractivity contribution in [1.29, 1.82) is 5.26 Å². The highest BCUT2D eigenvalue weighted by molar-refractivity contribution is 5.81. The fraction of sp³-hybridized carbons (Fsp3) is 0.467. The van der Waals surface area contributed by atoms with Crippen LogP contribution in [-0.2, 0) is 16.0 Å². The van der Waals surface area contributed by atoms with E-state index in [2.05, 4.69) is 16.7 Å². The Labute approximate surface area is 118 Å². The molecule has 0 saturated carbocycles. The molecule has 1 saturated heterocycles. The Hall–Kier alpha value is -1.90. The Morgan fingerprint density at radius 1 is 1.50 bits per heavy atom. The van der Waals surface area contributed by atoms with Crippen LogP contribution in [0.3, 0.4) is 0 Å². The van der Waals surface area contributed by atoms with Crippen molar-refractivity contribution < 1.29 is 9.53 Å². The molecule has 2 atom stereocenters. The van der Waals surface area contributed by atoms with Crippen molar-refractivity contribution in [3.8, 4) is 6.07 Å². The topological polar surface area (TPSA) is 74.2 Å². The molecule has 2 N–H and O–H groups in total. The predicted octanol–water partition coefficient (Wildman–Crippen LogP) is 0.616. The molecule has 1 amide bonds. The van der Waals surface area contributed by atoms with Gasteiger partial charge in [-0.25, -0.2) is 0 Å². The van der Waals surface area contributed by atoms with Gasteiger partial charge in [-0.15, -0.1) is 0 Å². The van der Waals surface area contributed by atoms with Gasteiger partial charge in [0, 0.05) is 19.6 Å². The van der Waals surface area contributed by atoms with Gasteiger partial charge < -0.3 is 15.4 Å². The normalized spacial score (nSPS) is 20.4. The number of benzene rings is 1. The van der Waals surface area contributed by atoms with Gasteiger partial charge in [0.1, 0.15) is 12.1 Å². The van der Waals surface area contributed by atoms with Crippen molar-refractivity contribution in [2.75, 3.05) is 19.7 Å². The summed E-state index contributed by atoms with van der Waals surface area (Å²) in [6.45, 7) is 1.92. The first-order chi connectivity index (χ1) is 9.79. The molecule has 1 aromatic carbocycles. The lowest BCUT2D eigenvalue weighted by Gasteiger charge is -2.17. The van der Waals surface area contributed by atoms with Gasteiger partial charge in [0.15, 0.2) is 0 Å². The van der Waals surface area contributed by atoms with E-state index in [4.69, 9.17) is 10.00 Å². The average Bonchev–Trinajstić information content (AvgIpc) is 2.76. The van der Waals surface area contributed by atoms with Gasteiger partial charge in [-0.3, -0.25) is 4.79 Å². The zero-order valence-corrected chi connectivity index (χ0v) is 11.3. The standard InChI is InChI=1S/C15H19N3O2/c16-10-13(9-12-5-2-1-3-6-12)18-15(19)14-11-17-7-4-8-20-14/h1-3,5-6,13-14,17H,4,7-9,11H2,(H,18,19)/t13-,14-/m0/s1. The molecule has 0 spiro atoms. The van der Waals surface area contributed by atoms with E-state index in [1.54, 1.807) is 0 Å². The van der Waals surface area contributed by atoms with Gasteiger partial charge in [-0.2, -0.15) is 5.26 Å². The molecule has 5 heteroatoms. The Balaban J connectivity index is 1.89. The van der Waals surface area contributed by atoms with Crippen LogP contribution in [0.15, 0.2) is 30.3 Å². The van der Waals surface area contributed by atoms with E-state index in [1.807, 2.05) is 30.3 Å². The van der Waals surface area contributed by atoms with Crippen LogP contribution >= 0.6 is 0 Å². The summed E-state index contributed by atoms with van der Waals surface area (Å²) in [7, 11) is 0. The average molecular weight is 273 g/mol. The Morgan fingerprint density at radius 2 is 2.30 bits per heavy atom. The van der Waals surface area contributed by atoms with E-state index < -0.39 is 12.1 Å². The summed E-state index contributed by atoms with van der Waals surface area (Å²) in [5.41, 5.74) is 1.03. The van der Waals surface area contributed by atoms with Crippen LogP contribution in [0.4, 0.5) is 0 Å². The molecule has 0 bridgehead atoms. The number of carbonyl (C=O) groups excluding carboxylic acids is 1. The fourth-order valence-electron chi connectivity index (χ4n) is 2.13. The van der Waals surface area contributed by atoms with E-state index in [-0.39, 0.29) is 5.91 Å². The first-order valence-electron chi connectivity index (χ1n) is 6.86. The smallest absolute Gasteiger partial charge is 0.251 e. The van der Waals surface area contributed by atoms with E-state index >= 15 is 0 Å². The van der Waals surface area contributed by atoms with Crippen molar-refractivity contribution in [2.45, 2.75) is 25.0 Å². The van der Waals surface area contributed by atoms with Crippen LogP contribution in [0.1, 0.15) is 12.0 Å². The third kappa shape index (κ3) is 4.34. The second kappa shape index (κ2) is 7.63. The molecule has 2 rings (SSSR count). The number of ether oxygens (including phenoxy) is 1. The highest BCUT2D eigenvalue weighted by atomic mass is 16.5. The SMILES string of the molecule is N#C[C@H](Cc1ccccc1)NC(=O)[C@@H]1CNCCCO1. The summed E-state index contributed by atoms with van der Waals surface area (Å²) in [4.78, 5) is 12.1. The quantitative estimate of drug-likeness (QED) is 0.843. The minimum absolute atomic E-state index is 0.220. The molecule has 5 nitrogen and oxygen atoms in total. The molecule has 1 aromatic rings. The highest BCUT2D eigenvalue weighted by Gasteiger charge is 2.23. The van der Waals surface area contributed by atoms with E-state index in [9.17, 15) is 4.79 Å². The summed E-state index contributed by atoms with van der Waals surface area (Å²) in [5, 5.41) is 15.1. The molecule has 0 unspecified atom stereocenters. The monoisotopic (exact) mass is 273 g/mol. The highest BCUT2D eigenvalue weighted by Crippen LogP contribution is 2.04. The molecule has 0 aromatic heterocycles. The minimum Gasteiger partial charge on any atom is -0.367 e. The maximum atomic E-state index is 12.1. The van der Waals surface area contributed by atoms with E-state index in [0.29, 0.717) is 19.6 Å². The minimum atomic E-state index is -0.531. The van der Waals surface area contributed by atoms with Crippen LogP contribution in [0, 0.1) is 11.3 Å². The van der Waals surface area contributed by atoms with Gasteiger partial charge in [0.05, 0.1) is 6.07 Å². The molecular formula is C15H19N3O2. The molecule has 20 heavy (non-hydrogen) atoms. The lowest BCUT2D eigenvalue weighted by Crippen LogP contribution is -2.46. The van der Waals surface area contributed by atoms with Crippen LogP contribution in [-0.4, -0.2) is 37.7 Å². The van der Waals surface area contributed by atoms with Gasteiger partial charge in [0.25, 0.3) is 5.91 Å². The zero-order valence-electron chi connectivity index (χ0n) is 11.3. The zero-order chi connectivity index (χ0) is 14.2. The van der Waals surface area contributed by atoms with Crippen LogP contribution in [0.25, 0.3) is 0 Å². The summed E-state index contributed by atoms with van der Waals surface area (Å²) < 4.78 is 5.48. The molecular weight excluding hydrogens is 254 g/mol. The van der Waals surface area contributed by atoms with E-state index in [0.717, 1.165) is 18.5 Å². The number of hydrogen-bond acceptors (Lipinski definition) is 4. The summed E-state index contributed by atoms with van der Waals surface area (Å²) in [6, 6.07) is 11.3. The van der Waals surface area contributed by atoms with Crippen molar-refractivity contribution in [1.82, 2.24) is 10.6 Å². The second-order valence-electron chi connectivity index (χ2n) is 4.80. The molecule has 1 aliphatic heterocycles. The number of amides is 1. The number of carbonyl (C=O) groups is 1. The third-order valence-corrected chi connectivity index (χ3v) is 3.19. The number of nitriles is 1. The van der Waals surface area contributed by atoms with Crippen LogP contribution in [0.5, 0.6) is 0 Å². The second-order valence-corrected chi connectivity index (χ2v) is 4.80. The number of rotatable bonds is 4. The lowest BCUT2D eigenvalue weighted by atomic mass is 10.1. The lowest BCUT2D eigenvalue weighted by molar-refractivity contribution is -0.132. The molecule has 1 heterocycles. The summed E-state index contributed by atoms with van der Waals surface area (Å²) in [5.74, 6) is -0.220. The first-order valence-corrected chi connectivity index (χ1v) is 6.86. The van der Waals surface area contributed by atoms with Crippen LogP contribution in [0.2, 0.25) is 0 Å². The molecule has 0 aliphatic carbocycles. The first kappa shape index (κ1) is 14.5. The third-order valence-electron chi connectivity index (χ3n) is 3.19. The molecule has 1 fully saturated rings. The largest absolute Gasteiger partial charge is 0.367 e. The number of nitrogens with one attached hydrogen (secondary N) is 2. The predicted molar refractivity (Wildman–Crippen MR) is 74.9 cm³/mol. The summed E-state index contributed by atoms with van der Waals surface area (Å²) in [6.07, 6.45) is 0.891. The molecule has 106 valence electrons. The van der Waals surface area contributed by atoms with Gasteiger partial charge >= 0.3 is 0 Å². The summed E-state index contributed by atoms with van der Waals surface area (Å²) >= 11 is 0. The van der Waals surface area contributed by atoms with Crippen molar-refractivity contribution in [3.05, 3.63) is 35.9 Å². The van der Waals surface area contributed by atoms with Gasteiger partial charge in [-0.1, -0.05) is 30.3 Å². The van der Waals surface area contributed by atoms with E-state index in [1.165, 1.54) is 0 Å². The van der Waals surface area contributed by atoms with Crippen molar-refractivity contribution in [3.63, 3.8) is 0 Å². The maximum absolute atomic E-state index is 12.1. The Morgan fingerprint density at radius 3 is 3.05 bits per heavy atom. The maximum Gasteiger partial charge on any atom is 0.251 e. The molecule has 0 radical (unpaired) electrons. The van der Waals surface area contributed by atoms with Gasteiger partial charge in [0.2, 0.25) is 0 Å². The van der Waals surface area contributed by atoms with Crippen LogP contribution < -0.4 is 10.6 Å². The number of nitrogens with zero attached hydrogens (tertiary/aromatic N) is 1. The van der Waals surface area contributed by atoms with Gasteiger partial charge in [-0.05, 0) is 18.5 Å².